The van der Waals surface area contributed by atoms with E-state index in [1.807, 2.05) is 13.8 Å². The second kappa shape index (κ2) is 7.39. The third-order valence-electron chi connectivity index (χ3n) is 4.82. The molecule has 0 radical (unpaired) electrons. The minimum absolute atomic E-state index is 0.0158. The monoisotopic (exact) mass is 347 g/mol. The normalized spacial score (nSPS) is 24.2. The predicted molar refractivity (Wildman–Crippen MR) is 95.1 cm³/mol. The number of carbonyl (C=O) groups excluding carboxylic acids is 1. The number of benzene rings is 1. The van der Waals surface area contributed by atoms with Gasteiger partial charge in [0.15, 0.2) is 0 Å². The quantitative estimate of drug-likeness (QED) is 0.621. The molecule has 0 saturated carbocycles. The molecule has 3 rings (SSSR count). The summed E-state index contributed by atoms with van der Waals surface area (Å²) in [4.78, 5) is 27.7. The summed E-state index contributed by atoms with van der Waals surface area (Å²) in [7, 11) is 0. The molecule has 7 nitrogen and oxygen atoms in total. The third kappa shape index (κ3) is 3.92. The van der Waals surface area contributed by atoms with Crippen LogP contribution >= 0.6 is 0 Å². The molecular weight excluding hydrogens is 322 g/mol. The number of hydrogen-bond donors (Lipinski definition) is 0. The lowest BCUT2D eigenvalue weighted by Crippen LogP contribution is -2.48. The summed E-state index contributed by atoms with van der Waals surface area (Å²) in [5.74, 6) is -0.171. The summed E-state index contributed by atoms with van der Waals surface area (Å²) in [6.45, 7) is 6.52. The van der Waals surface area contributed by atoms with Gasteiger partial charge in [-0.2, -0.15) is 0 Å². The molecular formula is C18H25N3O4. The average molecular weight is 347 g/mol. The topological polar surface area (TPSA) is 75.9 Å². The first kappa shape index (κ1) is 17.7. The lowest BCUT2D eigenvalue weighted by molar-refractivity contribution is -0.384. The Hall–Kier alpha value is -2.15. The van der Waals surface area contributed by atoms with E-state index in [1.165, 1.54) is 6.07 Å². The zero-order valence-corrected chi connectivity index (χ0v) is 14.8. The SMILES string of the molecule is C[C@@H]1CN(C(=O)c2ccc(N3CCCCC3)c([N+](=O)[O-])c2)C[C@H](C)O1. The number of nitro benzene ring substituents is 1. The van der Waals surface area contributed by atoms with E-state index in [9.17, 15) is 14.9 Å². The van der Waals surface area contributed by atoms with Gasteiger partial charge in [0.1, 0.15) is 5.69 Å². The van der Waals surface area contributed by atoms with Gasteiger partial charge in [-0.3, -0.25) is 14.9 Å². The van der Waals surface area contributed by atoms with Gasteiger partial charge in [0.2, 0.25) is 0 Å². The van der Waals surface area contributed by atoms with Crippen molar-refractivity contribution in [3.05, 3.63) is 33.9 Å². The molecule has 0 N–H and O–H groups in total. The highest BCUT2D eigenvalue weighted by Crippen LogP contribution is 2.32. The maximum absolute atomic E-state index is 12.8. The third-order valence-corrected chi connectivity index (χ3v) is 4.82. The number of ether oxygens (including phenoxy) is 1. The Morgan fingerprint density at radius 3 is 2.40 bits per heavy atom. The Morgan fingerprint density at radius 1 is 1.16 bits per heavy atom. The Kier molecular flexibility index (Phi) is 5.22. The van der Waals surface area contributed by atoms with Crippen molar-refractivity contribution in [3.8, 4) is 0 Å². The largest absolute Gasteiger partial charge is 0.372 e. The van der Waals surface area contributed by atoms with Crippen LogP contribution in [-0.2, 0) is 4.74 Å². The van der Waals surface area contributed by atoms with E-state index in [1.54, 1.807) is 17.0 Å². The molecule has 25 heavy (non-hydrogen) atoms. The maximum atomic E-state index is 12.8. The molecule has 1 amide bonds. The summed E-state index contributed by atoms with van der Waals surface area (Å²) in [5, 5.41) is 11.6. The summed E-state index contributed by atoms with van der Waals surface area (Å²) < 4.78 is 5.65. The number of morpholine rings is 1. The second-order valence-corrected chi connectivity index (χ2v) is 6.98. The number of hydrogen-bond acceptors (Lipinski definition) is 5. The van der Waals surface area contributed by atoms with E-state index in [2.05, 4.69) is 4.90 Å². The Morgan fingerprint density at radius 2 is 1.80 bits per heavy atom. The fraction of sp³-hybridized carbons (Fsp3) is 0.611. The highest BCUT2D eigenvalue weighted by atomic mass is 16.6. The molecule has 0 bridgehead atoms. The van der Waals surface area contributed by atoms with E-state index in [-0.39, 0.29) is 28.7 Å². The first-order valence-electron chi connectivity index (χ1n) is 8.94. The molecule has 0 unspecified atom stereocenters. The standard InChI is InChI=1S/C18H25N3O4/c1-13-11-20(12-14(2)25-13)18(22)15-6-7-16(17(10-15)21(23)24)19-8-4-3-5-9-19/h6-7,10,13-14H,3-5,8-9,11-12H2,1-2H3/t13-,14+. The highest BCUT2D eigenvalue weighted by Gasteiger charge is 2.29. The van der Waals surface area contributed by atoms with Crippen LogP contribution in [0.2, 0.25) is 0 Å². The molecule has 0 aliphatic carbocycles. The van der Waals surface area contributed by atoms with Crippen LogP contribution in [0, 0.1) is 10.1 Å². The van der Waals surface area contributed by atoms with Crippen molar-refractivity contribution in [2.45, 2.75) is 45.3 Å². The van der Waals surface area contributed by atoms with Crippen LogP contribution in [0.3, 0.4) is 0 Å². The van der Waals surface area contributed by atoms with Gasteiger partial charge in [-0.1, -0.05) is 0 Å². The Balaban J connectivity index is 1.85. The van der Waals surface area contributed by atoms with Gasteiger partial charge in [0, 0.05) is 37.8 Å². The molecule has 1 aromatic rings. The predicted octanol–water partition coefficient (Wildman–Crippen LogP) is 2.83. The van der Waals surface area contributed by atoms with Crippen LogP contribution in [0.5, 0.6) is 0 Å². The minimum Gasteiger partial charge on any atom is -0.372 e. The van der Waals surface area contributed by atoms with E-state index in [0.717, 1.165) is 32.4 Å². The molecule has 2 atom stereocenters. The maximum Gasteiger partial charge on any atom is 0.293 e. The van der Waals surface area contributed by atoms with Crippen LogP contribution in [-0.4, -0.2) is 54.1 Å². The van der Waals surface area contributed by atoms with Crippen molar-refractivity contribution >= 4 is 17.3 Å². The lowest BCUT2D eigenvalue weighted by Gasteiger charge is -2.35. The van der Waals surface area contributed by atoms with Crippen molar-refractivity contribution in [3.63, 3.8) is 0 Å². The molecule has 2 saturated heterocycles. The summed E-state index contributed by atoms with van der Waals surface area (Å²) in [6.07, 6.45) is 3.18. The molecule has 136 valence electrons. The van der Waals surface area contributed by atoms with Crippen LogP contribution in [0.1, 0.15) is 43.5 Å². The zero-order valence-electron chi connectivity index (χ0n) is 14.8. The lowest BCUT2D eigenvalue weighted by atomic mass is 10.1. The zero-order chi connectivity index (χ0) is 18.0. The highest BCUT2D eigenvalue weighted by molar-refractivity contribution is 5.96. The van der Waals surface area contributed by atoms with Crippen molar-refractivity contribution in [2.24, 2.45) is 0 Å². The van der Waals surface area contributed by atoms with Crippen molar-refractivity contribution in [1.29, 1.82) is 0 Å². The number of amides is 1. The minimum atomic E-state index is -0.384. The van der Waals surface area contributed by atoms with Crippen molar-refractivity contribution < 1.29 is 14.5 Å². The van der Waals surface area contributed by atoms with Gasteiger partial charge in [0.05, 0.1) is 17.1 Å². The number of rotatable bonds is 3. The molecule has 7 heteroatoms. The summed E-state index contributed by atoms with van der Waals surface area (Å²) in [6, 6.07) is 4.87. The molecule has 0 spiro atoms. The van der Waals surface area contributed by atoms with E-state index >= 15 is 0 Å². The van der Waals surface area contributed by atoms with Gasteiger partial charge in [-0.15, -0.1) is 0 Å². The summed E-state index contributed by atoms with van der Waals surface area (Å²) in [5.41, 5.74) is 1.00. The molecule has 1 aromatic carbocycles. The molecule has 2 fully saturated rings. The molecule has 2 aliphatic heterocycles. The second-order valence-electron chi connectivity index (χ2n) is 6.98. The van der Waals surface area contributed by atoms with Crippen molar-refractivity contribution in [2.75, 3.05) is 31.1 Å². The Labute approximate surface area is 147 Å². The van der Waals surface area contributed by atoms with Crippen LogP contribution < -0.4 is 4.90 Å². The fourth-order valence-electron chi connectivity index (χ4n) is 3.73. The number of anilines is 1. The van der Waals surface area contributed by atoms with E-state index in [4.69, 9.17) is 4.74 Å². The number of nitrogens with zero attached hydrogens (tertiary/aromatic N) is 3. The van der Waals surface area contributed by atoms with Gasteiger partial charge >= 0.3 is 0 Å². The molecule has 0 aromatic heterocycles. The van der Waals surface area contributed by atoms with E-state index < -0.39 is 0 Å². The van der Waals surface area contributed by atoms with Crippen LogP contribution in [0.15, 0.2) is 18.2 Å². The first-order chi connectivity index (χ1) is 12.0. The number of nitro groups is 1. The van der Waals surface area contributed by atoms with Crippen LogP contribution in [0.4, 0.5) is 11.4 Å². The average Bonchev–Trinajstić information content (AvgIpc) is 2.60. The smallest absolute Gasteiger partial charge is 0.293 e. The molecule has 2 aliphatic rings. The Bertz CT molecular complexity index is 648. The van der Waals surface area contributed by atoms with Crippen molar-refractivity contribution in [1.82, 2.24) is 4.90 Å². The van der Waals surface area contributed by atoms with Gasteiger partial charge < -0.3 is 14.5 Å². The number of piperidine rings is 1. The fourth-order valence-corrected chi connectivity index (χ4v) is 3.73. The van der Waals surface area contributed by atoms with Gasteiger partial charge in [-0.25, -0.2) is 0 Å². The van der Waals surface area contributed by atoms with Gasteiger partial charge in [0.25, 0.3) is 11.6 Å². The van der Waals surface area contributed by atoms with Gasteiger partial charge in [-0.05, 0) is 45.2 Å². The van der Waals surface area contributed by atoms with E-state index in [0.29, 0.717) is 24.3 Å². The first-order valence-corrected chi connectivity index (χ1v) is 8.94. The van der Waals surface area contributed by atoms with Crippen LogP contribution in [0.25, 0.3) is 0 Å². The molecule has 2 heterocycles. The number of carbonyl (C=O) groups is 1. The summed E-state index contributed by atoms with van der Waals surface area (Å²) >= 11 is 0.